The highest BCUT2D eigenvalue weighted by Crippen LogP contribution is 1.89. The molecule has 0 aliphatic heterocycles. The number of esters is 2. The summed E-state index contributed by atoms with van der Waals surface area (Å²) in [6.45, 7) is 12.2. The SMILES string of the molecule is C=C(C)C(=O)OC.C=C(C)C(=O)OCC. The van der Waals surface area contributed by atoms with E-state index in [1.165, 1.54) is 7.11 Å². The van der Waals surface area contributed by atoms with Crippen LogP contribution < -0.4 is 0 Å². The van der Waals surface area contributed by atoms with Crippen molar-refractivity contribution in [1.29, 1.82) is 0 Å². The zero-order valence-corrected chi connectivity index (χ0v) is 9.75. The largest absolute Gasteiger partial charge is 0.466 e. The summed E-state index contributed by atoms with van der Waals surface area (Å²) in [5.74, 6) is -0.660. The molecule has 0 saturated carbocycles. The summed E-state index contributed by atoms with van der Waals surface area (Å²) in [5.41, 5.74) is 0.884. The van der Waals surface area contributed by atoms with Crippen LogP contribution in [0.4, 0.5) is 0 Å². The summed E-state index contributed by atoms with van der Waals surface area (Å²) in [6.07, 6.45) is 0. The van der Waals surface area contributed by atoms with Gasteiger partial charge in [0.15, 0.2) is 0 Å². The zero-order valence-electron chi connectivity index (χ0n) is 9.75. The van der Waals surface area contributed by atoms with Crippen LogP contribution in [0.5, 0.6) is 0 Å². The summed E-state index contributed by atoms with van der Waals surface area (Å²) >= 11 is 0. The first kappa shape index (κ1) is 15.9. The molecular weight excluding hydrogens is 196 g/mol. The van der Waals surface area contributed by atoms with Gasteiger partial charge in [0.25, 0.3) is 0 Å². The molecule has 0 aromatic carbocycles. The van der Waals surface area contributed by atoms with E-state index in [-0.39, 0.29) is 11.9 Å². The molecule has 0 saturated heterocycles. The van der Waals surface area contributed by atoms with Crippen molar-refractivity contribution in [2.45, 2.75) is 20.8 Å². The summed E-state index contributed by atoms with van der Waals surface area (Å²) < 4.78 is 8.84. The Morgan fingerprint density at radius 2 is 1.47 bits per heavy atom. The lowest BCUT2D eigenvalue weighted by molar-refractivity contribution is -0.138. The van der Waals surface area contributed by atoms with Gasteiger partial charge in [-0.2, -0.15) is 0 Å². The van der Waals surface area contributed by atoms with Gasteiger partial charge in [-0.3, -0.25) is 0 Å². The molecule has 86 valence electrons. The Balaban J connectivity index is 0. The second-order valence-electron chi connectivity index (χ2n) is 2.77. The first-order valence-corrected chi connectivity index (χ1v) is 4.43. The molecular formula is C11H18O4. The van der Waals surface area contributed by atoms with Gasteiger partial charge in [-0.25, -0.2) is 9.59 Å². The second kappa shape index (κ2) is 8.99. The van der Waals surface area contributed by atoms with E-state index in [9.17, 15) is 9.59 Å². The maximum atomic E-state index is 10.4. The Morgan fingerprint density at radius 1 is 1.07 bits per heavy atom. The zero-order chi connectivity index (χ0) is 12.4. The van der Waals surface area contributed by atoms with Gasteiger partial charge in [0.1, 0.15) is 0 Å². The third-order valence-corrected chi connectivity index (χ3v) is 1.16. The minimum Gasteiger partial charge on any atom is -0.466 e. The molecule has 15 heavy (non-hydrogen) atoms. The molecule has 0 aliphatic rings. The molecule has 0 aromatic rings. The average Bonchev–Trinajstić information content (AvgIpc) is 2.17. The smallest absolute Gasteiger partial charge is 0.333 e. The maximum absolute atomic E-state index is 10.4. The lowest BCUT2D eigenvalue weighted by Crippen LogP contribution is -2.03. The van der Waals surface area contributed by atoms with Gasteiger partial charge in [-0.1, -0.05) is 13.2 Å². The number of carbonyl (C=O) groups excluding carboxylic acids is 2. The number of methoxy groups -OCH3 is 1. The van der Waals surface area contributed by atoms with Crippen LogP contribution in [0.15, 0.2) is 24.3 Å². The second-order valence-corrected chi connectivity index (χ2v) is 2.77. The summed E-state index contributed by atoms with van der Waals surface area (Å²) in [6, 6.07) is 0. The number of ether oxygens (including phenoxy) is 2. The first-order chi connectivity index (χ1) is 6.86. The van der Waals surface area contributed by atoms with E-state index in [1.807, 2.05) is 0 Å². The van der Waals surface area contributed by atoms with Crippen LogP contribution in [0.3, 0.4) is 0 Å². The maximum Gasteiger partial charge on any atom is 0.333 e. The molecule has 0 aliphatic carbocycles. The minimum atomic E-state index is -0.347. The van der Waals surface area contributed by atoms with Gasteiger partial charge < -0.3 is 9.47 Å². The van der Waals surface area contributed by atoms with Crippen LogP contribution in [-0.2, 0) is 19.1 Å². The van der Waals surface area contributed by atoms with Gasteiger partial charge in [0.05, 0.1) is 13.7 Å². The molecule has 0 fully saturated rings. The van der Waals surface area contributed by atoms with Crippen molar-refractivity contribution < 1.29 is 19.1 Å². The summed E-state index contributed by atoms with van der Waals surface area (Å²) in [4.78, 5) is 20.6. The fraction of sp³-hybridized carbons (Fsp3) is 0.455. The fourth-order valence-corrected chi connectivity index (χ4v) is 0.429. The standard InChI is InChI=1S/C6H10O2.C5H8O2/c1-4-8-6(7)5(2)3;1-4(2)5(6)7-3/h2,4H2,1,3H3;1H2,2-3H3. The molecule has 0 unspecified atom stereocenters. The van der Waals surface area contributed by atoms with E-state index < -0.39 is 0 Å². The van der Waals surface area contributed by atoms with Crippen molar-refractivity contribution in [2.24, 2.45) is 0 Å². The average molecular weight is 214 g/mol. The van der Waals surface area contributed by atoms with Crippen LogP contribution in [0.2, 0.25) is 0 Å². The Kier molecular flexibility index (Phi) is 9.52. The number of rotatable bonds is 3. The van der Waals surface area contributed by atoms with Crippen molar-refractivity contribution in [2.75, 3.05) is 13.7 Å². The molecule has 4 heteroatoms. The van der Waals surface area contributed by atoms with Gasteiger partial charge in [0, 0.05) is 11.1 Å². The van der Waals surface area contributed by atoms with Gasteiger partial charge in [0.2, 0.25) is 0 Å². The Labute approximate surface area is 90.6 Å². The normalized spacial score (nSPS) is 8.00. The van der Waals surface area contributed by atoms with Crippen molar-refractivity contribution in [3.63, 3.8) is 0 Å². The van der Waals surface area contributed by atoms with E-state index in [0.717, 1.165) is 0 Å². The Hall–Kier alpha value is -1.58. The molecule has 0 amide bonds. The lowest BCUT2D eigenvalue weighted by Gasteiger charge is -1.96. The van der Waals surface area contributed by atoms with Crippen LogP contribution in [-0.4, -0.2) is 25.7 Å². The Morgan fingerprint density at radius 3 is 1.53 bits per heavy atom. The van der Waals surface area contributed by atoms with Gasteiger partial charge in [-0.05, 0) is 20.8 Å². The molecule has 0 aromatic heterocycles. The molecule has 0 rings (SSSR count). The highest BCUT2D eigenvalue weighted by molar-refractivity contribution is 5.87. The first-order valence-electron chi connectivity index (χ1n) is 4.43. The summed E-state index contributed by atoms with van der Waals surface area (Å²) in [5, 5.41) is 0. The predicted octanol–water partition coefficient (Wildman–Crippen LogP) is 1.86. The van der Waals surface area contributed by atoms with Crippen molar-refractivity contribution in [3.8, 4) is 0 Å². The van der Waals surface area contributed by atoms with Gasteiger partial charge >= 0.3 is 11.9 Å². The van der Waals surface area contributed by atoms with Gasteiger partial charge in [-0.15, -0.1) is 0 Å². The third-order valence-electron chi connectivity index (χ3n) is 1.16. The number of hydrogen-bond donors (Lipinski definition) is 0. The fourth-order valence-electron chi connectivity index (χ4n) is 0.429. The molecule has 0 heterocycles. The minimum absolute atomic E-state index is 0.312. The molecule has 0 atom stereocenters. The molecule has 0 spiro atoms. The van der Waals surface area contributed by atoms with E-state index in [0.29, 0.717) is 17.8 Å². The van der Waals surface area contributed by atoms with E-state index >= 15 is 0 Å². The monoisotopic (exact) mass is 214 g/mol. The van der Waals surface area contributed by atoms with Crippen molar-refractivity contribution in [3.05, 3.63) is 24.3 Å². The molecule has 0 N–H and O–H groups in total. The van der Waals surface area contributed by atoms with Crippen LogP contribution >= 0.6 is 0 Å². The lowest BCUT2D eigenvalue weighted by atomic mass is 10.4. The highest BCUT2D eigenvalue weighted by atomic mass is 16.5. The van der Waals surface area contributed by atoms with Crippen LogP contribution in [0.25, 0.3) is 0 Å². The molecule has 0 radical (unpaired) electrons. The van der Waals surface area contributed by atoms with E-state index in [2.05, 4.69) is 22.6 Å². The topological polar surface area (TPSA) is 52.6 Å². The number of carbonyl (C=O) groups is 2. The van der Waals surface area contributed by atoms with E-state index in [1.54, 1.807) is 20.8 Å². The van der Waals surface area contributed by atoms with Crippen LogP contribution in [0.1, 0.15) is 20.8 Å². The molecule has 4 nitrogen and oxygen atoms in total. The predicted molar refractivity (Wildman–Crippen MR) is 58.3 cm³/mol. The number of hydrogen-bond acceptors (Lipinski definition) is 4. The quantitative estimate of drug-likeness (QED) is 0.531. The third kappa shape index (κ3) is 10.3. The van der Waals surface area contributed by atoms with Crippen LogP contribution in [0, 0.1) is 0 Å². The molecule has 0 bridgehead atoms. The van der Waals surface area contributed by atoms with Crippen molar-refractivity contribution >= 4 is 11.9 Å². The van der Waals surface area contributed by atoms with Crippen molar-refractivity contribution in [1.82, 2.24) is 0 Å². The highest BCUT2D eigenvalue weighted by Gasteiger charge is 1.98. The Bertz CT molecular complexity index is 253. The summed E-state index contributed by atoms with van der Waals surface area (Å²) in [7, 11) is 1.33. The van der Waals surface area contributed by atoms with E-state index in [4.69, 9.17) is 0 Å².